The van der Waals surface area contributed by atoms with Crippen molar-refractivity contribution in [3.05, 3.63) is 32.9 Å². The van der Waals surface area contributed by atoms with Crippen molar-refractivity contribution in [3.8, 4) is 5.75 Å². The molecule has 0 N–H and O–H groups in total. The van der Waals surface area contributed by atoms with Crippen LogP contribution in [0.3, 0.4) is 0 Å². The largest absolute Gasteiger partial charge is 0.488 e. The highest BCUT2D eigenvalue weighted by Gasteiger charge is 2.09. The summed E-state index contributed by atoms with van der Waals surface area (Å²) in [6, 6.07) is 5.43. The van der Waals surface area contributed by atoms with Crippen LogP contribution in [0.1, 0.15) is 15.9 Å². The van der Waals surface area contributed by atoms with Crippen LogP contribution in [-0.4, -0.2) is 12.9 Å². The molecule has 0 fully saturated rings. The van der Waals surface area contributed by atoms with Crippen LogP contribution in [0.2, 0.25) is 0 Å². The molecule has 0 amide bonds. The monoisotopic (exact) mass is 286 g/mol. The fourth-order valence-electron chi connectivity index (χ4n) is 1.24. The number of hydrogen-bond acceptors (Lipinski definition) is 2. The van der Waals surface area contributed by atoms with E-state index in [-0.39, 0.29) is 0 Å². The summed E-state index contributed by atoms with van der Waals surface area (Å²) in [6.45, 7) is 0.633. The Morgan fingerprint density at radius 2 is 2.31 bits per heavy atom. The van der Waals surface area contributed by atoms with Gasteiger partial charge < -0.3 is 4.74 Å². The van der Waals surface area contributed by atoms with E-state index in [0.29, 0.717) is 12.2 Å². The van der Waals surface area contributed by atoms with Gasteiger partial charge in [0, 0.05) is 14.7 Å². The summed E-state index contributed by atoms with van der Waals surface area (Å²) in [7, 11) is 0. The molecule has 1 aromatic rings. The molecule has 66 valence electrons. The maximum absolute atomic E-state index is 10.5. The highest BCUT2D eigenvalue weighted by atomic mass is 127. The average molecular weight is 286 g/mol. The zero-order valence-corrected chi connectivity index (χ0v) is 8.95. The van der Waals surface area contributed by atoms with Crippen molar-refractivity contribution < 1.29 is 9.53 Å². The van der Waals surface area contributed by atoms with E-state index in [0.717, 1.165) is 21.2 Å². The van der Waals surface area contributed by atoms with Crippen molar-refractivity contribution in [1.82, 2.24) is 0 Å². The highest BCUT2D eigenvalue weighted by molar-refractivity contribution is 14.1. The standard InChI is InChI=1S/C10H7IO2/c11-9-4-8-3-7(5-12)1-2-10(8)13-6-9/h1-5H,6H2. The van der Waals surface area contributed by atoms with Crippen molar-refractivity contribution in [2.24, 2.45) is 0 Å². The van der Waals surface area contributed by atoms with Gasteiger partial charge in [-0.25, -0.2) is 0 Å². The summed E-state index contributed by atoms with van der Waals surface area (Å²) in [4.78, 5) is 10.5. The van der Waals surface area contributed by atoms with Crippen LogP contribution in [0.5, 0.6) is 5.75 Å². The van der Waals surface area contributed by atoms with Gasteiger partial charge in [0.15, 0.2) is 0 Å². The van der Waals surface area contributed by atoms with Gasteiger partial charge in [-0.2, -0.15) is 0 Å². The zero-order chi connectivity index (χ0) is 9.26. The highest BCUT2D eigenvalue weighted by Crippen LogP contribution is 2.28. The molecule has 0 saturated heterocycles. The third-order valence-electron chi connectivity index (χ3n) is 1.85. The molecule has 1 aliphatic heterocycles. The van der Waals surface area contributed by atoms with Gasteiger partial charge in [-0.1, -0.05) is 0 Å². The van der Waals surface area contributed by atoms with E-state index in [9.17, 15) is 4.79 Å². The minimum absolute atomic E-state index is 0.633. The van der Waals surface area contributed by atoms with Crippen molar-refractivity contribution in [2.45, 2.75) is 0 Å². The van der Waals surface area contributed by atoms with Gasteiger partial charge in [0.1, 0.15) is 18.6 Å². The second-order valence-electron chi connectivity index (χ2n) is 2.79. The molecule has 13 heavy (non-hydrogen) atoms. The van der Waals surface area contributed by atoms with E-state index in [2.05, 4.69) is 22.6 Å². The number of rotatable bonds is 1. The summed E-state index contributed by atoms with van der Waals surface area (Å²) in [5.74, 6) is 0.853. The van der Waals surface area contributed by atoms with Crippen molar-refractivity contribution in [3.63, 3.8) is 0 Å². The van der Waals surface area contributed by atoms with E-state index in [4.69, 9.17) is 4.74 Å². The maximum Gasteiger partial charge on any atom is 0.150 e. The first-order valence-electron chi connectivity index (χ1n) is 3.88. The number of carbonyl (C=O) groups excluding carboxylic acids is 1. The van der Waals surface area contributed by atoms with Gasteiger partial charge in [0.2, 0.25) is 0 Å². The molecule has 3 heteroatoms. The molecule has 0 unspecified atom stereocenters. The molecule has 0 bridgehead atoms. The Labute approximate surface area is 89.7 Å². The van der Waals surface area contributed by atoms with E-state index in [1.807, 2.05) is 18.2 Å². The summed E-state index contributed by atoms with van der Waals surface area (Å²) in [5, 5.41) is 0. The summed E-state index contributed by atoms with van der Waals surface area (Å²) in [5.41, 5.74) is 1.67. The lowest BCUT2D eigenvalue weighted by molar-refractivity contribution is 0.112. The van der Waals surface area contributed by atoms with Gasteiger partial charge in [0.05, 0.1) is 0 Å². The van der Waals surface area contributed by atoms with Crippen LogP contribution in [0, 0.1) is 0 Å². The van der Waals surface area contributed by atoms with Crippen LogP contribution < -0.4 is 4.74 Å². The van der Waals surface area contributed by atoms with Crippen LogP contribution in [0.15, 0.2) is 21.8 Å². The maximum atomic E-state index is 10.5. The molecule has 0 atom stereocenters. The number of halogens is 1. The van der Waals surface area contributed by atoms with Crippen molar-refractivity contribution >= 4 is 35.0 Å². The Bertz CT molecular complexity index is 383. The molecule has 1 heterocycles. The van der Waals surface area contributed by atoms with Crippen LogP contribution in [0.4, 0.5) is 0 Å². The lowest BCUT2D eigenvalue weighted by Gasteiger charge is -2.14. The Morgan fingerprint density at radius 1 is 1.46 bits per heavy atom. The SMILES string of the molecule is O=Cc1ccc2c(c1)C=C(I)CO2. The van der Waals surface area contributed by atoms with Gasteiger partial charge in [0.25, 0.3) is 0 Å². The predicted molar refractivity (Wildman–Crippen MR) is 59.3 cm³/mol. The van der Waals surface area contributed by atoms with Gasteiger partial charge >= 0.3 is 0 Å². The second kappa shape index (κ2) is 3.49. The first-order valence-corrected chi connectivity index (χ1v) is 4.95. The molecule has 0 aromatic heterocycles. The van der Waals surface area contributed by atoms with Gasteiger partial charge in [-0.05, 0) is 46.9 Å². The fourth-order valence-corrected chi connectivity index (χ4v) is 1.73. The Kier molecular flexibility index (Phi) is 2.35. The number of fused-ring (bicyclic) bond motifs is 1. The molecule has 2 rings (SSSR count). The summed E-state index contributed by atoms with van der Waals surface area (Å²) in [6.07, 6.45) is 2.88. The predicted octanol–water partition coefficient (Wildman–Crippen LogP) is 2.67. The van der Waals surface area contributed by atoms with Crippen molar-refractivity contribution in [2.75, 3.05) is 6.61 Å². The van der Waals surface area contributed by atoms with Crippen LogP contribution in [-0.2, 0) is 0 Å². The van der Waals surface area contributed by atoms with E-state index in [1.165, 1.54) is 0 Å². The Balaban J connectivity index is 2.51. The lowest BCUT2D eigenvalue weighted by Crippen LogP contribution is -2.03. The van der Waals surface area contributed by atoms with Crippen LogP contribution >= 0.6 is 22.6 Å². The first-order chi connectivity index (χ1) is 6.29. The molecule has 0 spiro atoms. The van der Waals surface area contributed by atoms with Gasteiger partial charge in [-0.15, -0.1) is 0 Å². The minimum atomic E-state index is 0.633. The first kappa shape index (κ1) is 8.74. The molecular weight excluding hydrogens is 279 g/mol. The van der Waals surface area contributed by atoms with E-state index >= 15 is 0 Å². The zero-order valence-electron chi connectivity index (χ0n) is 6.79. The number of benzene rings is 1. The molecule has 0 aliphatic carbocycles. The lowest BCUT2D eigenvalue weighted by atomic mass is 10.1. The molecule has 2 nitrogen and oxygen atoms in total. The second-order valence-corrected chi connectivity index (χ2v) is 4.18. The smallest absolute Gasteiger partial charge is 0.150 e. The molecular formula is C10H7IO2. The average Bonchev–Trinajstić information content (AvgIpc) is 2.16. The van der Waals surface area contributed by atoms with E-state index in [1.54, 1.807) is 6.07 Å². The van der Waals surface area contributed by atoms with Gasteiger partial charge in [-0.3, -0.25) is 4.79 Å². The van der Waals surface area contributed by atoms with Crippen molar-refractivity contribution in [1.29, 1.82) is 0 Å². The van der Waals surface area contributed by atoms with E-state index < -0.39 is 0 Å². The normalized spacial score (nSPS) is 14.1. The summed E-state index contributed by atoms with van der Waals surface area (Å²) < 4.78 is 6.59. The Morgan fingerprint density at radius 3 is 3.08 bits per heavy atom. The Hall–Kier alpha value is -0.840. The quantitative estimate of drug-likeness (QED) is 0.586. The summed E-state index contributed by atoms with van der Waals surface area (Å²) >= 11 is 2.23. The minimum Gasteiger partial charge on any atom is -0.488 e. The molecule has 1 aliphatic rings. The molecule has 0 saturated carbocycles. The van der Waals surface area contributed by atoms with Crippen LogP contribution in [0.25, 0.3) is 6.08 Å². The number of carbonyl (C=O) groups is 1. The third-order valence-corrected chi connectivity index (χ3v) is 2.47. The number of aldehydes is 1. The molecule has 1 aromatic carbocycles. The third kappa shape index (κ3) is 1.75. The fraction of sp³-hybridized carbons (Fsp3) is 0.100. The number of ether oxygens (including phenoxy) is 1. The number of hydrogen-bond donors (Lipinski definition) is 0. The topological polar surface area (TPSA) is 26.3 Å². The molecule has 0 radical (unpaired) electrons.